The van der Waals surface area contributed by atoms with Gasteiger partial charge in [-0.1, -0.05) is 12.1 Å². The summed E-state index contributed by atoms with van der Waals surface area (Å²) in [6.07, 6.45) is 0. The summed E-state index contributed by atoms with van der Waals surface area (Å²) in [6.45, 7) is 2.04. The van der Waals surface area contributed by atoms with Gasteiger partial charge < -0.3 is 9.30 Å². The van der Waals surface area contributed by atoms with Gasteiger partial charge in [-0.05, 0) is 43.3 Å². The Bertz CT molecular complexity index is 1040. The molecule has 26 heavy (non-hydrogen) atoms. The zero-order chi connectivity index (χ0) is 18.7. The van der Waals surface area contributed by atoms with Crippen LogP contribution in [-0.4, -0.2) is 30.5 Å². The third kappa shape index (κ3) is 3.61. The highest BCUT2D eigenvalue weighted by molar-refractivity contribution is 7.89. The number of rotatable bonds is 6. The molecule has 0 atom stereocenters. The molecule has 0 bridgehead atoms. The number of aromatic nitrogens is 2. The number of aryl methyl sites for hydroxylation is 1. The van der Waals surface area contributed by atoms with Gasteiger partial charge in [0.25, 0.3) is 0 Å². The summed E-state index contributed by atoms with van der Waals surface area (Å²) in [5.74, 6) is 0.127. The molecule has 0 fully saturated rings. The monoisotopic (exact) mass is 373 g/mol. The minimum atomic E-state index is -3.72. The number of nitrogens with zero attached hydrogens (tertiary/aromatic N) is 2. The number of ether oxygens (including phenoxy) is 1. The van der Waals surface area contributed by atoms with Crippen molar-refractivity contribution in [3.05, 3.63) is 59.9 Å². The van der Waals surface area contributed by atoms with Crippen LogP contribution in [0, 0.1) is 0 Å². The summed E-state index contributed by atoms with van der Waals surface area (Å²) in [6, 6.07) is 13.2. The molecule has 8 heteroatoms. The summed E-state index contributed by atoms with van der Waals surface area (Å²) in [5.41, 5.74) is 2.05. The molecular weight excluding hydrogens is 354 g/mol. The van der Waals surface area contributed by atoms with Gasteiger partial charge in [0.1, 0.15) is 5.82 Å². The number of carbonyl (C=O) groups excluding carboxylic acids is 1. The van der Waals surface area contributed by atoms with Gasteiger partial charge in [0.2, 0.25) is 10.0 Å². The van der Waals surface area contributed by atoms with Crippen molar-refractivity contribution in [1.82, 2.24) is 14.3 Å². The molecule has 7 nitrogen and oxygen atoms in total. The zero-order valence-corrected chi connectivity index (χ0v) is 15.3. The predicted octanol–water partition coefficient (Wildman–Crippen LogP) is 2.23. The van der Waals surface area contributed by atoms with Crippen molar-refractivity contribution in [3.63, 3.8) is 0 Å². The van der Waals surface area contributed by atoms with Crippen LogP contribution in [0.2, 0.25) is 0 Å². The molecule has 3 rings (SSSR count). The van der Waals surface area contributed by atoms with Crippen molar-refractivity contribution in [2.45, 2.75) is 18.4 Å². The number of hydrogen-bond donors (Lipinski definition) is 1. The first kappa shape index (κ1) is 18.1. The molecule has 0 unspecified atom stereocenters. The molecule has 2 aromatic carbocycles. The van der Waals surface area contributed by atoms with Crippen LogP contribution in [0.1, 0.15) is 23.1 Å². The average molecular weight is 373 g/mol. The molecule has 0 aliphatic heterocycles. The summed E-state index contributed by atoms with van der Waals surface area (Å²) >= 11 is 0. The summed E-state index contributed by atoms with van der Waals surface area (Å²) < 4.78 is 34.2. The van der Waals surface area contributed by atoms with E-state index < -0.39 is 16.0 Å². The molecule has 0 radical (unpaired) electrons. The first-order valence-electron chi connectivity index (χ1n) is 8.09. The maximum Gasteiger partial charge on any atom is 0.338 e. The van der Waals surface area contributed by atoms with Gasteiger partial charge in [-0.2, -0.15) is 0 Å². The van der Waals surface area contributed by atoms with Crippen molar-refractivity contribution < 1.29 is 17.9 Å². The van der Waals surface area contributed by atoms with Crippen LogP contribution in [0.3, 0.4) is 0 Å². The lowest BCUT2D eigenvalue weighted by molar-refractivity contribution is 0.0526. The Kier molecular flexibility index (Phi) is 5.06. The van der Waals surface area contributed by atoms with Crippen molar-refractivity contribution in [1.29, 1.82) is 0 Å². The fourth-order valence-corrected chi connectivity index (χ4v) is 3.56. The van der Waals surface area contributed by atoms with Gasteiger partial charge in [0, 0.05) is 7.05 Å². The van der Waals surface area contributed by atoms with Gasteiger partial charge >= 0.3 is 5.97 Å². The Labute approximate surface area is 151 Å². The van der Waals surface area contributed by atoms with Gasteiger partial charge in [0.05, 0.1) is 34.6 Å². The van der Waals surface area contributed by atoms with Crippen molar-refractivity contribution in [3.8, 4) is 0 Å². The van der Waals surface area contributed by atoms with Gasteiger partial charge in [-0.25, -0.2) is 22.9 Å². The van der Waals surface area contributed by atoms with Crippen LogP contribution in [0.4, 0.5) is 0 Å². The highest BCUT2D eigenvalue weighted by Crippen LogP contribution is 2.16. The van der Waals surface area contributed by atoms with E-state index in [1.54, 1.807) is 6.92 Å². The Morgan fingerprint density at radius 2 is 1.85 bits per heavy atom. The molecule has 0 saturated carbocycles. The lowest BCUT2D eigenvalue weighted by Gasteiger charge is -2.08. The Balaban J connectivity index is 1.76. The van der Waals surface area contributed by atoms with Crippen LogP contribution in [0.15, 0.2) is 53.4 Å². The van der Waals surface area contributed by atoms with Crippen LogP contribution in [0.25, 0.3) is 11.0 Å². The van der Waals surface area contributed by atoms with Crippen LogP contribution < -0.4 is 4.72 Å². The maximum absolute atomic E-state index is 12.5. The minimum Gasteiger partial charge on any atom is -0.462 e. The second kappa shape index (κ2) is 7.27. The molecule has 0 saturated heterocycles. The minimum absolute atomic E-state index is 0.0626. The SMILES string of the molecule is CCOC(=O)c1ccc(S(=O)(=O)NCc2nc3ccccc3n2C)cc1. The molecule has 1 aromatic heterocycles. The Morgan fingerprint density at radius 1 is 1.15 bits per heavy atom. The summed E-state index contributed by atoms with van der Waals surface area (Å²) in [4.78, 5) is 16.2. The molecule has 0 aliphatic rings. The number of imidazole rings is 1. The molecule has 0 amide bonds. The zero-order valence-electron chi connectivity index (χ0n) is 14.5. The van der Waals surface area contributed by atoms with E-state index >= 15 is 0 Å². The third-order valence-electron chi connectivity index (χ3n) is 3.98. The highest BCUT2D eigenvalue weighted by atomic mass is 32.2. The van der Waals surface area contributed by atoms with E-state index in [1.165, 1.54) is 24.3 Å². The second-order valence-electron chi connectivity index (χ2n) is 5.65. The summed E-state index contributed by atoms with van der Waals surface area (Å²) in [7, 11) is -1.88. The molecule has 1 heterocycles. The van der Waals surface area contributed by atoms with E-state index in [9.17, 15) is 13.2 Å². The second-order valence-corrected chi connectivity index (χ2v) is 7.41. The number of benzene rings is 2. The fraction of sp³-hybridized carbons (Fsp3) is 0.222. The Hall–Kier alpha value is -2.71. The predicted molar refractivity (Wildman–Crippen MR) is 97.1 cm³/mol. The highest BCUT2D eigenvalue weighted by Gasteiger charge is 2.17. The number of nitrogens with one attached hydrogen (secondary N) is 1. The molecule has 1 N–H and O–H groups in total. The van der Waals surface area contributed by atoms with E-state index in [4.69, 9.17) is 4.74 Å². The topological polar surface area (TPSA) is 90.3 Å². The van der Waals surface area contributed by atoms with Crippen LogP contribution >= 0.6 is 0 Å². The fourth-order valence-electron chi connectivity index (χ4n) is 2.58. The van der Waals surface area contributed by atoms with E-state index in [2.05, 4.69) is 9.71 Å². The standard InChI is InChI=1S/C18H19N3O4S/c1-3-25-18(22)13-8-10-14(11-9-13)26(23,24)19-12-17-20-15-6-4-5-7-16(15)21(17)2/h4-11,19H,3,12H2,1-2H3. The van der Waals surface area contributed by atoms with Crippen LogP contribution in [-0.2, 0) is 28.4 Å². The normalized spacial score (nSPS) is 11.6. The molecule has 3 aromatic rings. The van der Waals surface area contributed by atoms with Crippen molar-refractivity contribution in [2.24, 2.45) is 7.05 Å². The quantitative estimate of drug-likeness (QED) is 0.669. The number of esters is 1. The number of fused-ring (bicyclic) bond motifs is 1. The first-order chi connectivity index (χ1) is 12.4. The maximum atomic E-state index is 12.5. The molecule has 0 aliphatic carbocycles. The summed E-state index contributed by atoms with van der Waals surface area (Å²) in [5, 5.41) is 0. The van der Waals surface area contributed by atoms with E-state index in [-0.39, 0.29) is 18.0 Å². The van der Waals surface area contributed by atoms with Gasteiger partial charge in [-0.3, -0.25) is 0 Å². The number of hydrogen-bond acceptors (Lipinski definition) is 5. The third-order valence-corrected chi connectivity index (χ3v) is 5.39. The molecule has 136 valence electrons. The van der Waals surface area contributed by atoms with Crippen LogP contribution in [0.5, 0.6) is 0 Å². The van der Waals surface area contributed by atoms with Gasteiger partial charge in [0.15, 0.2) is 0 Å². The van der Waals surface area contributed by atoms with Crippen molar-refractivity contribution >= 4 is 27.0 Å². The largest absolute Gasteiger partial charge is 0.462 e. The molecule has 0 spiro atoms. The van der Waals surface area contributed by atoms with Crippen molar-refractivity contribution in [2.75, 3.05) is 6.61 Å². The lowest BCUT2D eigenvalue weighted by atomic mass is 10.2. The molecular formula is C18H19N3O4S. The average Bonchev–Trinajstić information content (AvgIpc) is 2.97. The van der Waals surface area contributed by atoms with Gasteiger partial charge in [-0.15, -0.1) is 0 Å². The lowest BCUT2D eigenvalue weighted by Crippen LogP contribution is -2.24. The number of sulfonamides is 1. The number of para-hydroxylation sites is 2. The Morgan fingerprint density at radius 3 is 2.50 bits per heavy atom. The van der Waals surface area contributed by atoms with E-state index in [0.717, 1.165) is 11.0 Å². The van der Waals surface area contributed by atoms with E-state index in [0.29, 0.717) is 11.4 Å². The smallest absolute Gasteiger partial charge is 0.338 e. The number of carbonyl (C=O) groups is 1. The van der Waals surface area contributed by atoms with E-state index in [1.807, 2.05) is 35.9 Å². The first-order valence-corrected chi connectivity index (χ1v) is 9.58.